The van der Waals surface area contributed by atoms with E-state index in [4.69, 9.17) is 9.57 Å². The summed E-state index contributed by atoms with van der Waals surface area (Å²) in [5.41, 5.74) is 4.55. The summed E-state index contributed by atoms with van der Waals surface area (Å²) in [7, 11) is 8.75. The molecule has 10 atom stereocenters. The number of likely N-dealkylation sites (N-methyl/N-ethyl adjacent to an activating group) is 1. The molecule has 3 aromatic carbocycles. The van der Waals surface area contributed by atoms with E-state index >= 15 is 0 Å². The molecule has 0 aromatic heterocycles. The van der Waals surface area contributed by atoms with Crippen molar-refractivity contribution in [3.05, 3.63) is 71.8 Å². The first kappa shape index (κ1) is 43.7. The van der Waals surface area contributed by atoms with Gasteiger partial charge in [0.25, 0.3) is 5.91 Å². The molecule has 13 nitrogen and oxygen atoms in total. The molecule has 5 aliphatic rings. The van der Waals surface area contributed by atoms with Gasteiger partial charge in [0.1, 0.15) is 23.9 Å². The zero-order valence-corrected chi connectivity index (χ0v) is 37.1. The van der Waals surface area contributed by atoms with Crippen molar-refractivity contribution in [3.8, 4) is 16.9 Å². The molecule has 3 aliphatic carbocycles. The Morgan fingerprint density at radius 3 is 2.45 bits per heavy atom. The molecular weight excluding hydrogens is 781 g/mol. The smallest absolute Gasteiger partial charge is 0.252 e. The normalized spacial score (nSPS) is 27.4. The Morgan fingerprint density at radius 1 is 1.07 bits per heavy atom. The highest BCUT2D eigenvalue weighted by molar-refractivity contribution is 8.00. The lowest BCUT2D eigenvalue weighted by atomic mass is 9.45. The van der Waals surface area contributed by atoms with Crippen LogP contribution in [0.1, 0.15) is 62.9 Å². The number of aliphatic hydroxyl groups excluding tert-OH is 2. The van der Waals surface area contributed by atoms with Crippen LogP contribution >= 0.6 is 11.8 Å². The van der Waals surface area contributed by atoms with Crippen LogP contribution < -0.4 is 25.6 Å². The number of carbonyl (C=O) groups is 3. The summed E-state index contributed by atoms with van der Waals surface area (Å²) in [5.74, 6) is 0.434. The molecule has 0 spiro atoms. The number of benzene rings is 3. The Morgan fingerprint density at radius 2 is 1.82 bits per heavy atom. The number of methoxy groups -OCH3 is 1. The SMILES string of the molecule is COc1c(CN2O[C@@H](CO)C(C(C)O)[C@H]2C(=O)N[C@H]2C[C@H]3C[C@@H]([C@@H]2C)C3(C)C)cccc1-c1cc(C(=O)N[C@H](CC2Nc3ccccc3S2)C(=O)N(C)C)cc(N(C)C)c1. The third kappa shape index (κ3) is 8.46. The van der Waals surface area contributed by atoms with Gasteiger partial charge in [-0.25, -0.2) is 0 Å². The Bertz CT molecular complexity index is 2050. The topological polar surface area (TPSA) is 156 Å². The first-order chi connectivity index (χ1) is 28.5. The number of nitrogens with zero attached hydrogens (tertiary/aromatic N) is 3. The second-order valence-corrected chi connectivity index (χ2v) is 19.4. The van der Waals surface area contributed by atoms with Gasteiger partial charge in [0.05, 0.1) is 31.7 Å². The molecule has 4 fully saturated rings. The van der Waals surface area contributed by atoms with E-state index in [0.717, 1.165) is 22.7 Å². The highest BCUT2D eigenvalue weighted by Gasteiger charge is 2.57. The average Bonchev–Trinajstić information content (AvgIpc) is 3.81. The van der Waals surface area contributed by atoms with Crippen molar-refractivity contribution in [2.45, 2.75) is 94.1 Å². The summed E-state index contributed by atoms with van der Waals surface area (Å²) in [4.78, 5) is 52.8. The van der Waals surface area contributed by atoms with Gasteiger partial charge in [0.2, 0.25) is 11.8 Å². The van der Waals surface area contributed by atoms with E-state index in [-0.39, 0.29) is 47.7 Å². The molecule has 3 aromatic rings. The Hall–Kier alpha value is -4.34. The zero-order chi connectivity index (χ0) is 43.2. The van der Waals surface area contributed by atoms with E-state index in [1.807, 2.05) is 67.5 Å². The number of anilines is 2. The summed E-state index contributed by atoms with van der Waals surface area (Å²) in [6.45, 7) is 8.28. The fraction of sp³-hybridized carbons (Fsp3) is 0.543. The summed E-state index contributed by atoms with van der Waals surface area (Å²) in [6, 6.07) is 17.6. The second kappa shape index (κ2) is 17.6. The van der Waals surface area contributed by atoms with E-state index < -0.39 is 30.2 Å². The molecule has 3 unspecified atom stereocenters. The molecule has 1 saturated heterocycles. The third-order valence-corrected chi connectivity index (χ3v) is 14.9. The van der Waals surface area contributed by atoms with Crippen molar-refractivity contribution >= 4 is 40.9 Å². The van der Waals surface area contributed by atoms with E-state index in [9.17, 15) is 24.6 Å². The molecule has 8 rings (SSSR count). The van der Waals surface area contributed by atoms with Crippen LogP contribution in [0.2, 0.25) is 0 Å². The van der Waals surface area contributed by atoms with Gasteiger partial charge in [-0.1, -0.05) is 62.9 Å². The maximum atomic E-state index is 14.3. The second-order valence-electron chi connectivity index (χ2n) is 18.1. The van der Waals surface area contributed by atoms with Crippen molar-refractivity contribution in [2.24, 2.45) is 29.1 Å². The summed E-state index contributed by atoms with van der Waals surface area (Å²) >= 11 is 1.64. The Balaban J connectivity index is 1.15. The Kier molecular flexibility index (Phi) is 12.8. The summed E-state index contributed by atoms with van der Waals surface area (Å²) in [5, 5.41) is 32.8. The van der Waals surface area contributed by atoms with Gasteiger partial charge in [-0.3, -0.25) is 19.2 Å². The molecule has 2 heterocycles. The van der Waals surface area contributed by atoms with Gasteiger partial charge < -0.3 is 40.7 Å². The molecule has 14 heteroatoms. The van der Waals surface area contributed by atoms with Crippen LogP contribution in [0.3, 0.4) is 0 Å². The predicted octanol–water partition coefficient (Wildman–Crippen LogP) is 5.21. The highest BCUT2D eigenvalue weighted by atomic mass is 32.2. The number of aliphatic hydroxyl groups is 2. The Labute approximate surface area is 358 Å². The van der Waals surface area contributed by atoms with E-state index in [1.165, 1.54) is 11.3 Å². The molecule has 2 bridgehead atoms. The lowest BCUT2D eigenvalue weighted by molar-refractivity contribution is -0.183. The number of hydroxylamine groups is 2. The van der Waals surface area contributed by atoms with Crippen LogP contribution in [0.15, 0.2) is 65.6 Å². The third-order valence-electron chi connectivity index (χ3n) is 13.7. The lowest BCUT2D eigenvalue weighted by Crippen LogP contribution is -2.62. The van der Waals surface area contributed by atoms with Gasteiger partial charge in [-0.05, 0) is 78.8 Å². The van der Waals surface area contributed by atoms with Gasteiger partial charge in [0, 0.05) is 79.5 Å². The minimum absolute atomic E-state index is 0.0128. The first-order valence-electron chi connectivity index (χ1n) is 21.1. The number of carbonyl (C=O) groups excluding carboxylic acids is 3. The van der Waals surface area contributed by atoms with Crippen LogP contribution in [0.5, 0.6) is 5.75 Å². The number of hydrogen-bond donors (Lipinski definition) is 5. The van der Waals surface area contributed by atoms with Gasteiger partial charge in [0.15, 0.2) is 0 Å². The average molecular weight is 843 g/mol. The van der Waals surface area contributed by atoms with Crippen LogP contribution in [-0.4, -0.2) is 116 Å². The standard InChI is InChI=1S/C46H62N6O7S/c1-25-33-20-30(46(33,3)4)21-35(25)48-44(56)41-40(26(2)54)37(24-53)59-52(41)23-27-13-12-14-32(42(27)58-9)28-17-29(19-31(18-28)50(5)6)43(55)49-36(45(57)51(7)8)22-39-47-34-15-10-11-16-38(34)60-39/h10-19,25-26,30,33,35-37,39-41,47,53-54H,20-24H2,1-9H3,(H,48,56)(H,49,55)/t25-,26?,30+,33-,35-,36+,37-,39?,40?,41-/m0/s1. The largest absolute Gasteiger partial charge is 0.496 e. The fourth-order valence-corrected chi connectivity index (χ4v) is 11.3. The van der Waals surface area contributed by atoms with Gasteiger partial charge in [-0.15, -0.1) is 0 Å². The molecule has 60 heavy (non-hydrogen) atoms. The van der Waals surface area contributed by atoms with Crippen molar-refractivity contribution in [1.29, 1.82) is 0 Å². The molecular formula is C46H62N6O7S. The van der Waals surface area contributed by atoms with Crippen molar-refractivity contribution in [3.63, 3.8) is 0 Å². The van der Waals surface area contributed by atoms with Gasteiger partial charge in [-0.2, -0.15) is 5.06 Å². The van der Waals surface area contributed by atoms with E-state index in [0.29, 0.717) is 52.2 Å². The minimum Gasteiger partial charge on any atom is -0.496 e. The molecule has 3 amide bonds. The monoisotopic (exact) mass is 842 g/mol. The maximum absolute atomic E-state index is 14.3. The number of hydrogen-bond acceptors (Lipinski definition) is 11. The van der Waals surface area contributed by atoms with Crippen LogP contribution in [0.4, 0.5) is 11.4 Å². The van der Waals surface area contributed by atoms with E-state index in [2.05, 4.69) is 36.7 Å². The van der Waals surface area contributed by atoms with Crippen molar-refractivity contribution in [1.82, 2.24) is 20.6 Å². The van der Waals surface area contributed by atoms with Crippen LogP contribution in [0, 0.1) is 29.1 Å². The lowest BCUT2D eigenvalue weighted by Gasteiger charge is -2.62. The minimum atomic E-state index is -0.928. The molecule has 5 N–H and O–H groups in total. The van der Waals surface area contributed by atoms with Crippen LogP contribution in [-0.2, 0) is 21.0 Å². The summed E-state index contributed by atoms with van der Waals surface area (Å²) in [6.07, 6.45) is 0.758. The number of thioether (sulfide) groups is 1. The predicted molar refractivity (Wildman–Crippen MR) is 235 cm³/mol. The number of rotatable bonds is 14. The number of ether oxygens (including phenoxy) is 1. The number of nitrogens with one attached hydrogen (secondary N) is 3. The molecule has 324 valence electrons. The van der Waals surface area contributed by atoms with E-state index in [1.54, 1.807) is 57.1 Å². The van der Waals surface area contributed by atoms with Crippen molar-refractivity contribution in [2.75, 3.05) is 52.1 Å². The van der Waals surface area contributed by atoms with Crippen molar-refractivity contribution < 1.29 is 34.2 Å². The quantitative estimate of drug-likeness (QED) is 0.145. The van der Waals surface area contributed by atoms with Gasteiger partial charge >= 0.3 is 0 Å². The first-order valence-corrected chi connectivity index (χ1v) is 22.0. The van der Waals surface area contributed by atoms with Crippen LogP contribution in [0.25, 0.3) is 11.1 Å². The summed E-state index contributed by atoms with van der Waals surface area (Å²) < 4.78 is 6.11. The fourth-order valence-electron chi connectivity index (χ4n) is 10.1. The molecule has 0 radical (unpaired) electrons. The molecule has 3 saturated carbocycles. The maximum Gasteiger partial charge on any atom is 0.252 e. The number of amides is 3. The zero-order valence-electron chi connectivity index (χ0n) is 36.3. The molecule has 2 aliphatic heterocycles. The highest BCUT2D eigenvalue weighted by Crippen LogP contribution is 2.61. The number of fused-ring (bicyclic) bond motifs is 3. The number of para-hydroxylation sites is 2.